The minimum Gasteiger partial charge on any atom is -0.481 e. The number of carbonyl (C=O) groups excluding carboxylic acids is 1. The maximum atomic E-state index is 13.2. The Morgan fingerprint density at radius 1 is 1.23 bits per heavy atom. The Morgan fingerprint density at radius 3 is 2.68 bits per heavy atom. The monoisotopic (exact) mass is 485 g/mol. The van der Waals surface area contributed by atoms with E-state index >= 15 is 0 Å². The molecule has 0 unspecified atom stereocenters. The number of carbonyl (C=O) groups is 1. The van der Waals surface area contributed by atoms with Gasteiger partial charge in [-0.05, 0) is 37.3 Å². The van der Waals surface area contributed by atoms with Gasteiger partial charge in [0.2, 0.25) is 0 Å². The Balaban J connectivity index is 2.05. The molecular formula is C23H24BrN3O4. The van der Waals surface area contributed by atoms with Crippen molar-refractivity contribution in [2.75, 3.05) is 13.2 Å². The third-order valence-corrected chi connectivity index (χ3v) is 4.85. The number of rotatable bonds is 6. The SMILES string of the molecule is CCOC(=O)COc1ccccc1C=Nn1c(C(C)(C)C)nc2ccc(Br)cc2c1=O. The Labute approximate surface area is 188 Å². The average molecular weight is 486 g/mol. The molecule has 0 spiro atoms. The summed E-state index contributed by atoms with van der Waals surface area (Å²) in [4.78, 5) is 29.6. The number of hydrogen-bond donors (Lipinski definition) is 0. The van der Waals surface area contributed by atoms with Gasteiger partial charge in [-0.25, -0.2) is 9.78 Å². The lowest BCUT2D eigenvalue weighted by atomic mass is 9.95. The third-order valence-electron chi connectivity index (χ3n) is 4.36. The van der Waals surface area contributed by atoms with Crippen LogP contribution in [0.3, 0.4) is 0 Å². The first-order chi connectivity index (χ1) is 14.7. The largest absolute Gasteiger partial charge is 0.481 e. The molecule has 0 radical (unpaired) electrons. The Bertz CT molecular complexity index is 1200. The second-order valence-electron chi connectivity index (χ2n) is 7.84. The number of fused-ring (bicyclic) bond motifs is 1. The van der Waals surface area contributed by atoms with E-state index in [0.29, 0.717) is 28.0 Å². The molecule has 0 amide bonds. The number of aromatic nitrogens is 2. The second kappa shape index (κ2) is 9.43. The normalized spacial score (nSPS) is 11.8. The second-order valence-corrected chi connectivity index (χ2v) is 8.76. The van der Waals surface area contributed by atoms with Crippen molar-refractivity contribution in [1.82, 2.24) is 9.66 Å². The van der Waals surface area contributed by atoms with Gasteiger partial charge in [-0.3, -0.25) is 4.79 Å². The molecule has 162 valence electrons. The average Bonchev–Trinajstić information content (AvgIpc) is 2.72. The van der Waals surface area contributed by atoms with E-state index in [1.54, 1.807) is 31.2 Å². The molecule has 0 aliphatic heterocycles. The van der Waals surface area contributed by atoms with Crippen LogP contribution in [0.15, 0.2) is 56.8 Å². The van der Waals surface area contributed by atoms with Crippen LogP contribution in [-0.4, -0.2) is 35.1 Å². The Morgan fingerprint density at radius 2 is 1.97 bits per heavy atom. The topological polar surface area (TPSA) is 82.8 Å². The van der Waals surface area contributed by atoms with Crippen LogP contribution in [0.4, 0.5) is 0 Å². The third kappa shape index (κ3) is 5.38. The van der Waals surface area contributed by atoms with E-state index in [1.165, 1.54) is 10.9 Å². The summed E-state index contributed by atoms with van der Waals surface area (Å²) in [5.41, 5.74) is 0.547. The van der Waals surface area contributed by atoms with Crippen molar-refractivity contribution in [2.24, 2.45) is 5.10 Å². The predicted molar refractivity (Wildman–Crippen MR) is 124 cm³/mol. The summed E-state index contributed by atoms with van der Waals surface area (Å²) in [6.07, 6.45) is 1.53. The summed E-state index contributed by atoms with van der Waals surface area (Å²) in [6.45, 7) is 7.73. The van der Waals surface area contributed by atoms with E-state index in [-0.39, 0.29) is 18.8 Å². The maximum Gasteiger partial charge on any atom is 0.344 e. The van der Waals surface area contributed by atoms with Gasteiger partial charge in [0.05, 0.1) is 23.7 Å². The molecule has 1 heterocycles. The molecule has 0 aliphatic carbocycles. The number of nitrogens with zero attached hydrogens (tertiary/aromatic N) is 3. The van der Waals surface area contributed by atoms with Crippen molar-refractivity contribution < 1.29 is 14.3 Å². The summed E-state index contributed by atoms with van der Waals surface area (Å²) < 4.78 is 12.6. The van der Waals surface area contributed by atoms with Gasteiger partial charge in [0.1, 0.15) is 11.6 Å². The van der Waals surface area contributed by atoms with Gasteiger partial charge in [-0.1, -0.05) is 48.8 Å². The molecule has 0 N–H and O–H groups in total. The highest BCUT2D eigenvalue weighted by Gasteiger charge is 2.23. The van der Waals surface area contributed by atoms with E-state index in [4.69, 9.17) is 14.5 Å². The molecule has 1 aromatic heterocycles. The number of hydrogen-bond acceptors (Lipinski definition) is 6. The quantitative estimate of drug-likeness (QED) is 0.384. The van der Waals surface area contributed by atoms with Crippen molar-refractivity contribution in [1.29, 1.82) is 0 Å². The molecule has 0 aliphatic rings. The molecule has 0 bridgehead atoms. The zero-order chi connectivity index (χ0) is 22.6. The number of esters is 1. The van der Waals surface area contributed by atoms with Crippen LogP contribution in [0.25, 0.3) is 10.9 Å². The zero-order valence-corrected chi connectivity index (χ0v) is 19.5. The fourth-order valence-electron chi connectivity index (χ4n) is 2.92. The summed E-state index contributed by atoms with van der Waals surface area (Å²) in [6, 6.07) is 12.5. The number of benzene rings is 2. The Hall–Kier alpha value is -3.00. The molecule has 31 heavy (non-hydrogen) atoms. The van der Waals surface area contributed by atoms with Gasteiger partial charge in [0, 0.05) is 15.5 Å². The standard InChI is InChI=1S/C23H24BrN3O4/c1-5-30-20(28)14-31-19-9-7-6-8-15(19)13-25-27-21(29)17-12-16(24)10-11-18(17)26-22(27)23(2,3)4/h6-13H,5,14H2,1-4H3. The molecule has 0 saturated carbocycles. The molecule has 3 rings (SSSR count). The smallest absolute Gasteiger partial charge is 0.344 e. The van der Waals surface area contributed by atoms with E-state index in [2.05, 4.69) is 21.0 Å². The molecule has 0 fully saturated rings. The zero-order valence-electron chi connectivity index (χ0n) is 17.9. The van der Waals surface area contributed by atoms with Crippen LogP contribution < -0.4 is 10.3 Å². The molecule has 3 aromatic rings. The van der Waals surface area contributed by atoms with Crippen LogP contribution in [-0.2, 0) is 14.9 Å². The van der Waals surface area contributed by atoms with Crippen molar-refractivity contribution in [3.05, 3.63) is 68.7 Å². The highest BCUT2D eigenvalue weighted by molar-refractivity contribution is 9.10. The first kappa shape index (κ1) is 22.7. The minimum atomic E-state index is -0.454. The first-order valence-electron chi connectivity index (χ1n) is 9.85. The van der Waals surface area contributed by atoms with Crippen LogP contribution in [0, 0.1) is 0 Å². The molecule has 8 heteroatoms. The first-order valence-corrected chi connectivity index (χ1v) is 10.6. The highest BCUT2D eigenvalue weighted by atomic mass is 79.9. The van der Waals surface area contributed by atoms with Gasteiger partial charge >= 0.3 is 5.97 Å². The summed E-state index contributed by atoms with van der Waals surface area (Å²) in [5, 5.41) is 4.92. The lowest BCUT2D eigenvalue weighted by molar-refractivity contribution is -0.145. The van der Waals surface area contributed by atoms with Gasteiger partial charge in [-0.15, -0.1) is 0 Å². The molecule has 0 saturated heterocycles. The van der Waals surface area contributed by atoms with E-state index in [0.717, 1.165) is 4.47 Å². The fraction of sp³-hybridized carbons (Fsp3) is 0.304. The highest BCUT2D eigenvalue weighted by Crippen LogP contribution is 2.23. The van der Waals surface area contributed by atoms with Gasteiger partial charge < -0.3 is 9.47 Å². The molecule has 0 atom stereocenters. The number of ether oxygens (including phenoxy) is 2. The summed E-state index contributed by atoms with van der Waals surface area (Å²) in [5.74, 6) is 0.541. The van der Waals surface area contributed by atoms with Gasteiger partial charge in [-0.2, -0.15) is 9.78 Å². The van der Waals surface area contributed by atoms with Crippen molar-refractivity contribution >= 4 is 39.0 Å². The van der Waals surface area contributed by atoms with Crippen LogP contribution >= 0.6 is 15.9 Å². The molecule has 7 nitrogen and oxygen atoms in total. The van der Waals surface area contributed by atoms with Crippen LogP contribution in [0.5, 0.6) is 5.75 Å². The van der Waals surface area contributed by atoms with E-state index in [1.807, 2.05) is 39.0 Å². The van der Waals surface area contributed by atoms with Gasteiger partial charge in [0.25, 0.3) is 5.56 Å². The van der Waals surface area contributed by atoms with Gasteiger partial charge in [0.15, 0.2) is 6.61 Å². The van der Waals surface area contributed by atoms with E-state index < -0.39 is 11.4 Å². The molecular weight excluding hydrogens is 462 g/mol. The number of halogens is 1. The van der Waals surface area contributed by atoms with Crippen molar-refractivity contribution in [3.8, 4) is 5.75 Å². The Kier molecular flexibility index (Phi) is 6.90. The maximum absolute atomic E-state index is 13.2. The minimum absolute atomic E-state index is 0.211. The van der Waals surface area contributed by atoms with Crippen molar-refractivity contribution in [3.63, 3.8) is 0 Å². The lowest BCUT2D eigenvalue weighted by Crippen LogP contribution is -2.29. The predicted octanol–water partition coefficient (Wildman–Crippen LogP) is 4.28. The van der Waals surface area contributed by atoms with Crippen LogP contribution in [0.1, 0.15) is 39.1 Å². The van der Waals surface area contributed by atoms with Crippen LogP contribution in [0.2, 0.25) is 0 Å². The number of para-hydroxylation sites is 1. The summed E-state index contributed by atoms with van der Waals surface area (Å²) >= 11 is 3.41. The lowest BCUT2D eigenvalue weighted by Gasteiger charge is -2.21. The van der Waals surface area contributed by atoms with Crippen molar-refractivity contribution in [2.45, 2.75) is 33.1 Å². The molecule has 2 aromatic carbocycles. The summed E-state index contributed by atoms with van der Waals surface area (Å²) in [7, 11) is 0. The van der Waals surface area contributed by atoms with E-state index in [9.17, 15) is 9.59 Å². The fourth-order valence-corrected chi connectivity index (χ4v) is 3.28.